The average Bonchev–Trinajstić information content (AvgIpc) is 2.78. The van der Waals surface area contributed by atoms with Crippen molar-refractivity contribution in [2.24, 2.45) is 0 Å². The molecule has 1 N–H and O–H groups in total. The molecule has 27 heavy (non-hydrogen) atoms. The monoisotopic (exact) mass is 366 g/mol. The van der Waals surface area contributed by atoms with E-state index in [1.165, 1.54) is 49.8 Å². The molecule has 0 atom stereocenters. The number of fused-ring (bicyclic) bond motifs is 1. The summed E-state index contributed by atoms with van der Waals surface area (Å²) in [5, 5.41) is 5.33. The van der Waals surface area contributed by atoms with E-state index in [1.54, 1.807) is 0 Å². The van der Waals surface area contributed by atoms with Crippen LogP contribution < -0.4 is 10.1 Å². The van der Waals surface area contributed by atoms with Crippen LogP contribution in [0.4, 0.5) is 0 Å². The van der Waals surface area contributed by atoms with E-state index in [9.17, 15) is 4.79 Å². The molecule has 2 aromatic carbocycles. The lowest BCUT2D eigenvalue weighted by Crippen LogP contribution is -2.32. The van der Waals surface area contributed by atoms with Gasteiger partial charge in [-0.15, -0.1) is 0 Å². The SMILES string of the molecule is O=C(COc1ccc2ccccc2c1)NC[C]1CCCCCCCC1.[CH2].[CH2]. The number of rotatable bonds is 5. The zero-order valence-corrected chi connectivity index (χ0v) is 16.3. The van der Waals surface area contributed by atoms with E-state index in [4.69, 9.17) is 4.74 Å². The highest BCUT2D eigenvalue weighted by Crippen LogP contribution is 2.23. The van der Waals surface area contributed by atoms with Crippen LogP contribution in [0.5, 0.6) is 5.75 Å². The Morgan fingerprint density at radius 2 is 1.48 bits per heavy atom. The van der Waals surface area contributed by atoms with Crippen LogP contribution >= 0.6 is 0 Å². The Labute approximate surface area is 165 Å². The fourth-order valence-corrected chi connectivity index (χ4v) is 3.44. The summed E-state index contributed by atoms with van der Waals surface area (Å²) in [4.78, 5) is 12.1. The Kier molecular flexibility index (Phi) is 10.5. The largest absolute Gasteiger partial charge is 0.484 e. The van der Waals surface area contributed by atoms with Gasteiger partial charge in [-0.1, -0.05) is 83.7 Å². The zero-order chi connectivity index (χ0) is 17.3. The number of carbonyl (C=O) groups excluding carboxylic acids is 1. The molecule has 1 amide bonds. The highest BCUT2D eigenvalue weighted by molar-refractivity contribution is 5.84. The van der Waals surface area contributed by atoms with Crippen LogP contribution in [0.3, 0.4) is 0 Å². The van der Waals surface area contributed by atoms with Crippen molar-refractivity contribution in [2.45, 2.75) is 51.4 Å². The summed E-state index contributed by atoms with van der Waals surface area (Å²) in [6.45, 7) is 0.783. The minimum Gasteiger partial charge on any atom is -0.484 e. The molecule has 0 aliphatic heterocycles. The standard InChI is InChI=1S/C22H28NO2.2CH2/c24-22(23-16-18-9-5-3-1-2-4-6-10-18)17-25-21-14-13-19-11-7-8-12-20(19)15-21;;/h7-8,11-15H,1-6,9-10,16-17H2,(H,23,24);2*1H2. The fraction of sp³-hybridized carbons (Fsp3) is 0.417. The van der Waals surface area contributed by atoms with Crippen molar-refractivity contribution in [3.63, 3.8) is 0 Å². The van der Waals surface area contributed by atoms with Gasteiger partial charge in [-0.3, -0.25) is 4.79 Å². The first kappa shape index (κ1) is 23.0. The van der Waals surface area contributed by atoms with Crippen LogP contribution in [-0.2, 0) is 4.79 Å². The molecule has 5 radical (unpaired) electrons. The minimum absolute atomic E-state index is 0. The van der Waals surface area contributed by atoms with E-state index >= 15 is 0 Å². The Morgan fingerprint density at radius 1 is 0.852 bits per heavy atom. The molecule has 0 spiro atoms. The van der Waals surface area contributed by atoms with Crippen molar-refractivity contribution in [3.05, 3.63) is 63.2 Å². The topological polar surface area (TPSA) is 38.3 Å². The molecule has 0 bridgehead atoms. The molecule has 1 aliphatic carbocycles. The van der Waals surface area contributed by atoms with Crippen LogP contribution in [-0.4, -0.2) is 19.1 Å². The molecule has 0 aromatic heterocycles. The smallest absolute Gasteiger partial charge is 0.257 e. The average molecular weight is 367 g/mol. The number of hydrogen-bond acceptors (Lipinski definition) is 2. The van der Waals surface area contributed by atoms with Crippen LogP contribution in [0.15, 0.2) is 42.5 Å². The molecule has 0 heterocycles. The molecule has 0 saturated heterocycles. The van der Waals surface area contributed by atoms with Crippen LogP contribution in [0, 0.1) is 20.8 Å². The summed E-state index contributed by atoms with van der Waals surface area (Å²) < 4.78 is 5.66. The van der Waals surface area contributed by atoms with Gasteiger partial charge >= 0.3 is 0 Å². The van der Waals surface area contributed by atoms with Crippen molar-refractivity contribution >= 4 is 16.7 Å². The molecular formula is C24H32NO2. The van der Waals surface area contributed by atoms with Crippen molar-refractivity contribution < 1.29 is 9.53 Å². The molecular weight excluding hydrogens is 334 g/mol. The quantitative estimate of drug-likeness (QED) is 0.737. The highest BCUT2D eigenvalue weighted by Gasteiger charge is 2.13. The third-order valence-electron chi connectivity index (χ3n) is 4.94. The van der Waals surface area contributed by atoms with Gasteiger partial charge in [0.2, 0.25) is 0 Å². The summed E-state index contributed by atoms with van der Waals surface area (Å²) in [6.07, 6.45) is 10.2. The van der Waals surface area contributed by atoms with E-state index in [0.29, 0.717) is 6.54 Å². The third kappa shape index (κ3) is 7.62. The van der Waals surface area contributed by atoms with E-state index in [0.717, 1.165) is 24.0 Å². The summed E-state index contributed by atoms with van der Waals surface area (Å²) in [5.41, 5.74) is 0. The van der Waals surface area contributed by atoms with Gasteiger partial charge in [0.15, 0.2) is 6.61 Å². The van der Waals surface area contributed by atoms with Crippen molar-refractivity contribution in [2.75, 3.05) is 13.2 Å². The lowest BCUT2D eigenvalue weighted by molar-refractivity contribution is -0.123. The van der Waals surface area contributed by atoms with E-state index in [1.807, 2.05) is 30.3 Å². The lowest BCUT2D eigenvalue weighted by Gasteiger charge is -2.16. The number of benzene rings is 2. The molecule has 2 aromatic rings. The van der Waals surface area contributed by atoms with Crippen LogP contribution in [0.1, 0.15) is 51.4 Å². The van der Waals surface area contributed by atoms with E-state index in [2.05, 4.69) is 17.4 Å². The third-order valence-corrected chi connectivity index (χ3v) is 4.94. The van der Waals surface area contributed by atoms with E-state index in [-0.39, 0.29) is 27.4 Å². The molecule has 3 rings (SSSR count). The second-order valence-electron chi connectivity index (χ2n) is 6.95. The molecule has 3 heteroatoms. The minimum atomic E-state index is -0.0412. The van der Waals surface area contributed by atoms with Gasteiger partial charge in [0.05, 0.1) is 0 Å². The maximum Gasteiger partial charge on any atom is 0.257 e. The summed E-state index contributed by atoms with van der Waals surface area (Å²) in [6, 6.07) is 14.1. The second kappa shape index (κ2) is 12.4. The first-order chi connectivity index (χ1) is 12.3. The normalized spacial score (nSPS) is 15.4. The summed E-state index contributed by atoms with van der Waals surface area (Å²) >= 11 is 0. The van der Waals surface area contributed by atoms with Gasteiger partial charge in [-0.2, -0.15) is 0 Å². The van der Waals surface area contributed by atoms with Crippen LogP contribution in [0.25, 0.3) is 10.8 Å². The number of hydrogen-bond donors (Lipinski definition) is 1. The van der Waals surface area contributed by atoms with Gasteiger partial charge in [0, 0.05) is 6.54 Å². The number of amides is 1. The molecule has 145 valence electrons. The second-order valence-corrected chi connectivity index (χ2v) is 6.95. The number of ether oxygens (including phenoxy) is 1. The first-order valence-electron chi connectivity index (χ1n) is 9.53. The summed E-state index contributed by atoms with van der Waals surface area (Å²) in [5.74, 6) is 2.19. The van der Waals surface area contributed by atoms with Gasteiger partial charge in [-0.05, 0) is 41.7 Å². The number of nitrogens with one attached hydrogen (secondary N) is 1. The Morgan fingerprint density at radius 3 is 2.19 bits per heavy atom. The fourth-order valence-electron chi connectivity index (χ4n) is 3.44. The first-order valence-corrected chi connectivity index (χ1v) is 9.53. The van der Waals surface area contributed by atoms with Gasteiger partial charge < -0.3 is 10.1 Å². The highest BCUT2D eigenvalue weighted by atomic mass is 16.5. The zero-order valence-electron chi connectivity index (χ0n) is 16.3. The lowest BCUT2D eigenvalue weighted by atomic mass is 9.97. The Hall–Kier alpha value is -2.03. The Bertz CT molecular complexity index is 673. The van der Waals surface area contributed by atoms with Gasteiger partial charge in [0.1, 0.15) is 5.75 Å². The van der Waals surface area contributed by atoms with Crippen molar-refractivity contribution in [1.29, 1.82) is 0 Å². The van der Waals surface area contributed by atoms with Gasteiger partial charge in [-0.25, -0.2) is 0 Å². The predicted molar refractivity (Wildman–Crippen MR) is 113 cm³/mol. The van der Waals surface area contributed by atoms with Crippen molar-refractivity contribution in [1.82, 2.24) is 5.32 Å². The Balaban J connectivity index is 0.00000182. The van der Waals surface area contributed by atoms with Crippen molar-refractivity contribution in [3.8, 4) is 5.75 Å². The molecule has 0 unspecified atom stereocenters. The van der Waals surface area contributed by atoms with Crippen LogP contribution in [0.2, 0.25) is 0 Å². The number of carbonyl (C=O) groups is 1. The molecule has 1 fully saturated rings. The predicted octanol–water partition coefficient (Wildman–Crippen LogP) is 5.70. The maximum atomic E-state index is 12.1. The molecule has 1 aliphatic rings. The molecule has 3 nitrogen and oxygen atoms in total. The van der Waals surface area contributed by atoms with Gasteiger partial charge in [0.25, 0.3) is 5.91 Å². The maximum absolute atomic E-state index is 12.1. The van der Waals surface area contributed by atoms with E-state index < -0.39 is 0 Å². The summed E-state index contributed by atoms with van der Waals surface area (Å²) in [7, 11) is 0. The molecule has 1 saturated carbocycles.